The lowest BCUT2D eigenvalue weighted by molar-refractivity contribution is -0.144. The summed E-state index contributed by atoms with van der Waals surface area (Å²) in [5, 5.41) is 0. The van der Waals surface area contributed by atoms with Gasteiger partial charge in [0, 0.05) is 18.0 Å². The molecule has 128 valence electrons. The van der Waals surface area contributed by atoms with Crippen LogP contribution in [0.4, 0.5) is 13.2 Å². The number of benzene rings is 1. The van der Waals surface area contributed by atoms with Crippen molar-refractivity contribution in [1.29, 1.82) is 0 Å². The van der Waals surface area contributed by atoms with Gasteiger partial charge in [0.05, 0.1) is 5.69 Å². The molecular formula is C14H11F3IN3O2S. The Balaban J connectivity index is 2.25. The first-order chi connectivity index (χ1) is 11.0. The van der Waals surface area contributed by atoms with Gasteiger partial charge in [0.15, 0.2) is 0 Å². The van der Waals surface area contributed by atoms with E-state index in [1.165, 1.54) is 11.9 Å². The highest BCUT2D eigenvalue weighted by Gasteiger charge is 2.36. The minimum atomic E-state index is -4.77. The predicted molar refractivity (Wildman–Crippen MR) is 92.6 cm³/mol. The molecule has 0 radical (unpaired) electrons. The lowest BCUT2D eigenvalue weighted by Gasteiger charge is -2.18. The van der Waals surface area contributed by atoms with Gasteiger partial charge in [-0.1, -0.05) is 22.6 Å². The number of aromatic nitrogens is 2. The Labute approximate surface area is 152 Å². The number of nitrogens with zero attached hydrogens (tertiary/aromatic N) is 2. The maximum absolute atomic E-state index is 12.9. The maximum atomic E-state index is 12.9. The second-order valence-electron chi connectivity index (χ2n) is 5.43. The van der Waals surface area contributed by atoms with Crippen LogP contribution in [0.3, 0.4) is 0 Å². The summed E-state index contributed by atoms with van der Waals surface area (Å²) in [4.78, 5) is 25.4. The monoisotopic (exact) mass is 469 g/mol. The van der Waals surface area contributed by atoms with E-state index in [0.717, 1.165) is 22.1 Å². The summed E-state index contributed by atoms with van der Waals surface area (Å²) in [5.41, 5.74) is -2.23. The summed E-state index contributed by atoms with van der Waals surface area (Å²) in [7, 11) is 0.994. The summed E-state index contributed by atoms with van der Waals surface area (Å²) in [6, 6.07) is 5.35. The van der Waals surface area contributed by atoms with Crippen LogP contribution in [0.1, 0.15) is 18.2 Å². The molecule has 2 heterocycles. The van der Waals surface area contributed by atoms with Gasteiger partial charge in [-0.15, -0.1) is 0 Å². The number of fused-ring (bicyclic) bond motifs is 1. The molecule has 1 N–H and O–H groups in total. The minimum absolute atomic E-state index is 0.236. The van der Waals surface area contributed by atoms with Crippen LogP contribution in [0.25, 0.3) is 5.69 Å². The van der Waals surface area contributed by atoms with Crippen molar-refractivity contribution in [2.75, 3.05) is 0 Å². The van der Waals surface area contributed by atoms with Crippen LogP contribution in [0.15, 0.2) is 38.8 Å². The van der Waals surface area contributed by atoms with E-state index in [0.29, 0.717) is 10.6 Å². The number of hydrogen-bond acceptors (Lipinski definition) is 4. The Morgan fingerprint density at radius 1 is 1.25 bits per heavy atom. The van der Waals surface area contributed by atoms with Gasteiger partial charge in [-0.25, -0.2) is 14.1 Å². The van der Waals surface area contributed by atoms with E-state index in [1.54, 1.807) is 18.2 Å². The van der Waals surface area contributed by atoms with E-state index < -0.39 is 26.7 Å². The zero-order chi connectivity index (χ0) is 17.9. The fourth-order valence-electron chi connectivity index (χ4n) is 2.45. The Hall–Kier alpha value is -1.27. The molecule has 0 amide bonds. The molecule has 1 aromatic heterocycles. The molecule has 0 saturated heterocycles. The van der Waals surface area contributed by atoms with Crippen molar-refractivity contribution in [2.24, 2.45) is 7.05 Å². The Morgan fingerprint density at radius 3 is 2.54 bits per heavy atom. The first-order valence-electron chi connectivity index (χ1n) is 6.70. The molecule has 24 heavy (non-hydrogen) atoms. The second-order valence-corrected chi connectivity index (χ2v) is 8.44. The van der Waals surface area contributed by atoms with Crippen molar-refractivity contribution in [3.63, 3.8) is 0 Å². The largest absolute Gasteiger partial charge is 0.431 e. The quantitative estimate of drug-likeness (QED) is 0.302. The molecule has 0 bridgehead atoms. The molecule has 0 saturated carbocycles. The van der Waals surface area contributed by atoms with Crippen LogP contribution in [-0.2, 0) is 16.8 Å². The van der Waals surface area contributed by atoms with Gasteiger partial charge < -0.3 is 0 Å². The summed E-state index contributed by atoms with van der Waals surface area (Å²) in [6.45, 7) is 1.92. The van der Waals surface area contributed by atoms with Crippen molar-refractivity contribution in [2.45, 2.75) is 21.5 Å². The molecule has 1 aromatic carbocycles. The van der Waals surface area contributed by atoms with E-state index in [9.17, 15) is 22.8 Å². The number of nitrogens with one attached hydrogen (secondary N) is 1. The van der Waals surface area contributed by atoms with Gasteiger partial charge >= 0.3 is 11.9 Å². The van der Waals surface area contributed by atoms with Gasteiger partial charge in [-0.3, -0.25) is 9.36 Å². The number of halogens is 4. The molecule has 1 aliphatic rings. The first-order valence-corrected chi connectivity index (χ1v) is 8.60. The first kappa shape index (κ1) is 17.5. The predicted octanol–water partition coefficient (Wildman–Crippen LogP) is 2.77. The Kier molecular flexibility index (Phi) is 4.12. The molecule has 1 unspecified atom stereocenters. The highest BCUT2D eigenvalue weighted by molar-refractivity contribution is 14.1. The molecule has 2 aromatic rings. The average Bonchev–Trinajstić information content (AvgIpc) is 2.77. The molecule has 1 aliphatic heterocycles. The fraction of sp³-hybridized carbons (Fsp3) is 0.286. The SMILES string of the molecule is Cn1c(C(F)(F)F)cc(=O)n(-c2ccc3c(c2)C(C)(I)NS3)c1=O. The topological polar surface area (TPSA) is 56.0 Å². The van der Waals surface area contributed by atoms with Gasteiger partial charge in [-0.2, -0.15) is 13.2 Å². The minimum Gasteiger partial charge on any atom is -0.292 e. The summed E-state index contributed by atoms with van der Waals surface area (Å²) >= 11 is 3.60. The van der Waals surface area contributed by atoms with Crippen molar-refractivity contribution >= 4 is 34.5 Å². The van der Waals surface area contributed by atoms with Gasteiger partial charge in [0.2, 0.25) is 0 Å². The van der Waals surface area contributed by atoms with Crippen LogP contribution in [0.5, 0.6) is 0 Å². The lowest BCUT2D eigenvalue weighted by atomic mass is 10.1. The van der Waals surface area contributed by atoms with Crippen LogP contribution in [0, 0.1) is 0 Å². The summed E-state index contributed by atoms with van der Waals surface area (Å²) < 4.78 is 42.7. The van der Waals surface area contributed by atoms with Crippen molar-refractivity contribution < 1.29 is 13.2 Å². The van der Waals surface area contributed by atoms with E-state index >= 15 is 0 Å². The van der Waals surface area contributed by atoms with Gasteiger partial charge in [0.25, 0.3) is 5.56 Å². The number of hydrogen-bond donors (Lipinski definition) is 1. The Morgan fingerprint density at radius 2 is 1.92 bits per heavy atom. The normalized spacial score (nSPS) is 20.2. The van der Waals surface area contributed by atoms with Crippen LogP contribution < -0.4 is 16.0 Å². The molecule has 0 spiro atoms. The van der Waals surface area contributed by atoms with Gasteiger partial charge in [-0.05, 0) is 42.6 Å². The van der Waals surface area contributed by atoms with E-state index in [4.69, 9.17) is 0 Å². The third kappa shape index (κ3) is 2.80. The zero-order valence-electron chi connectivity index (χ0n) is 12.4. The van der Waals surface area contributed by atoms with Crippen LogP contribution >= 0.6 is 34.5 Å². The highest BCUT2D eigenvalue weighted by Crippen LogP contribution is 2.44. The molecule has 1 atom stereocenters. The molecule has 0 fully saturated rings. The third-order valence-electron chi connectivity index (χ3n) is 3.69. The van der Waals surface area contributed by atoms with Crippen molar-refractivity contribution in [3.8, 4) is 5.69 Å². The van der Waals surface area contributed by atoms with E-state index in [-0.39, 0.29) is 5.69 Å². The van der Waals surface area contributed by atoms with Crippen molar-refractivity contribution in [3.05, 3.63) is 56.4 Å². The summed E-state index contributed by atoms with van der Waals surface area (Å²) in [5.74, 6) is 0. The summed E-state index contributed by atoms with van der Waals surface area (Å²) in [6.07, 6.45) is -4.77. The number of alkyl halides is 4. The van der Waals surface area contributed by atoms with Crippen molar-refractivity contribution in [1.82, 2.24) is 13.9 Å². The standard InChI is InChI=1S/C14H11F3IN3O2S/c1-13(18)8-5-7(3-4-9(8)24-19-13)21-11(22)6-10(14(15,16)17)20(2)12(21)23/h3-6,19H,1-2H3. The van der Waals surface area contributed by atoms with Crippen LogP contribution in [-0.4, -0.2) is 9.13 Å². The molecule has 0 aliphatic carbocycles. The third-order valence-corrected chi connectivity index (χ3v) is 5.99. The van der Waals surface area contributed by atoms with E-state index in [1.807, 2.05) is 6.92 Å². The average molecular weight is 469 g/mol. The fourth-order valence-corrected chi connectivity index (χ4v) is 4.33. The highest BCUT2D eigenvalue weighted by atomic mass is 127. The molecule has 5 nitrogen and oxygen atoms in total. The lowest BCUT2D eigenvalue weighted by Crippen LogP contribution is -2.40. The zero-order valence-corrected chi connectivity index (χ0v) is 15.4. The van der Waals surface area contributed by atoms with Gasteiger partial charge in [0.1, 0.15) is 9.24 Å². The molecular weight excluding hydrogens is 458 g/mol. The molecule has 3 rings (SSSR count). The Bertz CT molecular complexity index is 950. The second kappa shape index (κ2) is 5.63. The molecule has 10 heteroatoms. The number of rotatable bonds is 1. The smallest absolute Gasteiger partial charge is 0.292 e. The maximum Gasteiger partial charge on any atom is 0.431 e. The van der Waals surface area contributed by atoms with E-state index in [2.05, 4.69) is 27.3 Å². The van der Waals surface area contributed by atoms with Crippen LogP contribution in [0.2, 0.25) is 0 Å².